The van der Waals surface area contributed by atoms with Crippen molar-refractivity contribution in [3.8, 4) is 0 Å². The largest absolute Gasteiger partial charge is 0.461 e. The number of hydrogen-bond acceptors (Lipinski definition) is 14. The molecule has 0 aromatic heterocycles. The van der Waals surface area contributed by atoms with Gasteiger partial charge >= 0.3 is 11.9 Å². The lowest BCUT2D eigenvalue weighted by molar-refractivity contribution is -0.320. The van der Waals surface area contributed by atoms with Gasteiger partial charge in [0.25, 0.3) is 0 Å². The maximum Gasteiger partial charge on any atom is 0.340 e. The smallest absolute Gasteiger partial charge is 0.340 e. The molecule has 0 aromatic rings. The number of fused-ring (bicyclic) bond motifs is 4. The van der Waals surface area contributed by atoms with Crippen LogP contribution in [0.4, 0.5) is 0 Å². The van der Waals surface area contributed by atoms with E-state index in [1.165, 1.54) is 0 Å². The molecule has 4 unspecified atom stereocenters. The molecule has 3 rings (SSSR count). The SMILES string of the molecule is C[C@@H]1CC[C@H]2CC(O)C[C@@H](O)CCC=CC=CCC[C@H](C)OC(=O)C(O)[C@]3(O)O[C@@H](CC[C@H]3C)CC(O)C[C@@H](O)CCC=CC=CCC[C@H](C)OC(=O)C(O)[C@]1(O)O2. The summed E-state index contributed by atoms with van der Waals surface area (Å²) in [4.78, 5) is 25.8. The van der Waals surface area contributed by atoms with Gasteiger partial charge in [0.15, 0.2) is 0 Å². The molecule has 58 heavy (non-hydrogen) atoms. The standard InChI is InChI=1S/C44H72O14/c1-29-21-23-37-27-35(47)25-33(45)19-15-11-8-6-10-14-18-32(4)56-42(52)40(50)44(54)30(2)22-24-38(58-44)28-36(48)26-34(46)20-16-12-7-5-9-13-17-31(3)55-41(51)39(49)43(29,53)57-37/h5-12,29-40,45-50,53-54H,13-28H2,1-4H3/t29-,30-,31+,32+,33+,34+,35?,36?,37+,38+,39?,40?,43-,44-/m1/s1. The van der Waals surface area contributed by atoms with E-state index in [-0.39, 0.29) is 25.7 Å². The third-order valence-corrected chi connectivity index (χ3v) is 11.6. The highest BCUT2D eigenvalue weighted by atomic mass is 16.7. The van der Waals surface area contributed by atoms with E-state index in [0.717, 1.165) is 0 Å². The zero-order chi connectivity index (χ0) is 42.9. The summed E-state index contributed by atoms with van der Waals surface area (Å²) in [5.41, 5.74) is 0. The molecule has 3 aliphatic rings. The zero-order valence-corrected chi connectivity index (χ0v) is 34.9. The molecule has 14 atom stereocenters. The van der Waals surface area contributed by atoms with Crippen molar-refractivity contribution in [2.75, 3.05) is 0 Å². The number of carbonyl (C=O) groups is 2. The second-order valence-corrected chi connectivity index (χ2v) is 16.8. The molecule has 14 nitrogen and oxygen atoms in total. The van der Waals surface area contributed by atoms with Crippen molar-refractivity contribution in [2.45, 2.75) is 203 Å². The maximum atomic E-state index is 12.9. The first-order valence-corrected chi connectivity index (χ1v) is 21.4. The van der Waals surface area contributed by atoms with Crippen LogP contribution in [0.1, 0.15) is 130 Å². The Morgan fingerprint density at radius 3 is 1.14 bits per heavy atom. The highest BCUT2D eigenvalue weighted by Crippen LogP contribution is 2.38. The van der Waals surface area contributed by atoms with Crippen molar-refractivity contribution in [3.63, 3.8) is 0 Å². The maximum absolute atomic E-state index is 12.9. The summed E-state index contributed by atoms with van der Waals surface area (Å²) in [6.45, 7) is 6.74. The van der Waals surface area contributed by atoms with Gasteiger partial charge in [-0.1, -0.05) is 62.5 Å². The molecule has 8 N–H and O–H groups in total. The molecule has 4 bridgehead atoms. The average molecular weight is 825 g/mol. The van der Waals surface area contributed by atoms with E-state index in [1.54, 1.807) is 27.7 Å². The van der Waals surface area contributed by atoms with E-state index in [0.29, 0.717) is 77.0 Å². The van der Waals surface area contributed by atoms with E-state index in [4.69, 9.17) is 18.9 Å². The van der Waals surface area contributed by atoms with Gasteiger partial charge in [-0.05, 0) is 117 Å². The van der Waals surface area contributed by atoms with Gasteiger partial charge in [-0.2, -0.15) is 0 Å². The first-order valence-electron chi connectivity index (χ1n) is 21.4. The van der Waals surface area contributed by atoms with Crippen LogP contribution in [0.2, 0.25) is 0 Å². The van der Waals surface area contributed by atoms with Gasteiger partial charge in [0.2, 0.25) is 23.8 Å². The van der Waals surface area contributed by atoms with Crippen LogP contribution in [0, 0.1) is 11.8 Å². The minimum atomic E-state index is -2.19. The summed E-state index contributed by atoms with van der Waals surface area (Å²) in [6, 6.07) is 0. The van der Waals surface area contributed by atoms with E-state index < -0.39 is 96.4 Å². The van der Waals surface area contributed by atoms with Gasteiger partial charge in [0.1, 0.15) is 0 Å². The van der Waals surface area contributed by atoms with Gasteiger partial charge in [-0.15, -0.1) is 0 Å². The van der Waals surface area contributed by atoms with Gasteiger partial charge < -0.3 is 59.8 Å². The van der Waals surface area contributed by atoms with Crippen LogP contribution in [0.5, 0.6) is 0 Å². The summed E-state index contributed by atoms with van der Waals surface area (Å²) < 4.78 is 22.6. The number of rotatable bonds is 0. The van der Waals surface area contributed by atoms with Crippen LogP contribution >= 0.6 is 0 Å². The van der Waals surface area contributed by atoms with E-state index in [2.05, 4.69) is 0 Å². The van der Waals surface area contributed by atoms with Crippen molar-refractivity contribution < 1.29 is 69.4 Å². The number of aliphatic hydroxyl groups excluding tert-OH is 6. The molecule has 3 aliphatic heterocycles. The van der Waals surface area contributed by atoms with Gasteiger partial charge in [0, 0.05) is 11.8 Å². The molecule has 0 spiro atoms. The van der Waals surface area contributed by atoms with Gasteiger partial charge in [0.05, 0.1) is 48.8 Å². The second kappa shape index (κ2) is 24.7. The number of allylic oxidation sites excluding steroid dienone is 8. The summed E-state index contributed by atoms with van der Waals surface area (Å²) in [5.74, 6) is -7.53. The van der Waals surface area contributed by atoms with Gasteiger partial charge in [-0.3, -0.25) is 0 Å². The molecule has 14 heteroatoms. The van der Waals surface area contributed by atoms with Crippen LogP contribution in [0.3, 0.4) is 0 Å². The first-order chi connectivity index (χ1) is 27.4. The fourth-order valence-electron chi connectivity index (χ4n) is 7.75. The monoisotopic (exact) mass is 824 g/mol. The van der Waals surface area contributed by atoms with Crippen LogP contribution in [-0.2, 0) is 28.5 Å². The van der Waals surface area contributed by atoms with Crippen LogP contribution in [-0.4, -0.2) is 125 Å². The normalized spacial score (nSPS) is 41.1. The van der Waals surface area contributed by atoms with Crippen molar-refractivity contribution >= 4 is 11.9 Å². The molecule has 0 saturated carbocycles. The Morgan fingerprint density at radius 1 is 0.466 bits per heavy atom. The van der Waals surface area contributed by atoms with Gasteiger partial charge in [-0.25, -0.2) is 9.59 Å². The minimum Gasteiger partial charge on any atom is -0.461 e. The Balaban J connectivity index is 1.62. The molecule has 0 radical (unpaired) electrons. The lowest BCUT2D eigenvalue weighted by atomic mass is 9.85. The Hall–Kier alpha value is -2.50. The summed E-state index contributed by atoms with van der Waals surface area (Å²) in [5, 5.41) is 86.9. The van der Waals surface area contributed by atoms with E-state index >= 15 is 0 Å². The number of hydrogen-bond donors (Lipinski definition) is 8. The van der Waals surface area contributed by atoms with Crippen molar-refractivity contribution in [3.05, 3.63) is 48.6 Å². The molecule has 332 valence electrons. The highest BCUT2D eigenvalue weighted by Gasteiger charge is 2.52. The lowest BCUT2D eigenvalue weighted by Gasteiger charge is -2.44. The number of ether oxygens (including phenoxy) is 4. The van der Waals surface area contributed by atoms with Crippen molar-refractivity contribution in [2.24, 2.45) is 11.8 Å². The fourth-order valence-corrected chi connectivity index (χ4v) is 7.75. The van der Waals surface area contributed by atoms with E-state index in [1.807, 2.05) is 48.6 Å². The Kier molecular flexibility index (Phi) is 21.2. The van der Waals surface area contributed by atoms with E-state index in [9.17, 15) is 50.4 Å². The summed E-state index contributed by atoms with van der Waals surface area (Å²) in [7, 11) is 0. The summed E-state index contributed by atoms with van der Waals surface area (Å²) in [6.07, 6.45) is 11.3. The third-order valence-electron chi connectivity index (χ3n) is 11.6. The lowest BCUT2D eigenvalue weighted by Crippen LogP contribution is -2.58. The van der Waals surface area contributed by atoms with Crippen molar-refractivity contribution in [1.29, 1.82) is 0 Å². The molecule has 3 heterocycles. The topological polar surface area (TPSA) is 233 Å². The average Bonchev–Trinajstić information content (AvgIpc) is 3.15. The molecule has 0 aromatic carbocycles. The predicted octanol–water partition coefficient (Wildman–Crippen LogP) is 3.94. The zero-order valence-electron chi connectivity index (χ0n) is 34.9. The highest BCUT2D eigenvalue weighted by molar-refractivity contribution is 5.76. The number of cyclic esters (lactones) is 2. The second-order valence-electron chi connectivity index (χ2n) is 16.8. The molecule has 0 amide bonds. The summed E-state index contributed by atoms with van der Waals surface area (Å²) >= 11 is 0. The Labute approximate surface area is 344 Å². The number of esters is 2. The molecule has 0 aliphatic carbocycles. The fraction of sp³-hybridized carbons (Fsp3) is 0.773. The third kappa shape index (κ3) is 16.2. The molecule has 2 saturated heterocycles. The number of aliphatic hydroxyl groups is 8. The minimum absolute atomic E-state index is 0.0877. The van der Waals surface area contributed by atoms with Crippen LogP contribution in [0.25, 0.3) is 0 Å². The Bertz CT molecular complexity index is 1250. The number of carbonyl (C=O) groups excluding carboxylic acids is 2. The molecule has 2 fully saturated rings. The quantitative estimate of drug-likeness (QED) is 0.162. The predicted molar refractivity (Wildman–Crippen MR) is 216 cm³/mol. The van der Waals surface area contributed by atoms with Crippen molar-refractivity contribution in [1.82, 2.24) is 0 Å². The van der Waals surface area contributed by atoms with Crippen LogP contribution < -0.4 is 0 Å². The molecular weight excluding hydrogens is 752 g/mol. The Morgan fingerprint density at radius 2 is 0.793 bits per heavy atom. The van der Waals surface area contributed by atoms with Crippen LogP contribution in [0.15, 0.2) is 48.6 Å². The first kappa shape index (κ1) is 49.9. The molecular formula is C44H72O14.